The average Bonchev–Trinajstić information content (AvgIpc) is 2.85. The molecule has 5 rings (SSSR count). The Labute approximate surface area is 202 Å². The molecule has 1 N–H and O–H groups in total. The van der Waals surface area contributed by atoms with Crippen LogP contribution in [0.25, 0.3) is 32.8 Å². The van der Waals surface area contributed by atoms with Crippen LogP contribution in [0.3, 0.4) is 0 Å². The minimum Gasteiger partial charge on any atom is -0.360 e. The second-order valence-corrected chi connectivity index (χ2v) is 9.08. The number of anilines is 1. The molecule has 0 amide bonds. The SMILES string of the molecule is CC(C)n1c([C@H](C)Nc2nccc3cccnc23)cc2cccc(-c3ccc(=O)n(C)c3)c2c1=O. The highest BCUT2D eigenvalue weighted by Crippen LogP contribution is 2.30. The quantitative estimate of drug-likeness (QED) is 0.392. The van der Waals surface area contributed by atoms with Crippen LogP contribution in [0.1, 0.15) is 38.5 Å². The molecule has 4 heterocycles. The summed E-state index contributed by atoms with van der Waals surface area (Å²) in [4.78, 5) is 34.9. The number of rotatable bonds is 5. The van der Waals surface area contributed by atoms with Gasteiger partial charge >= 0.3 is 0 Å². The molecular weight excluding hydrogens is 438 g/mol. The van der Waals surface area contributed by atoms with E-state index in [-0.39, 0.29) is 23.2 Å². The van der Waals surface area contributed by atoms with E-state index in [1.807, 2.05) is 61.7 Å². The van der Waals surface area contributed by atoms with Gasteiger partial charge in [0.1, 0.15) is 5.52 Å². The van der Waals surface area contributed by atoms with E-state index in [1.54, 1.807) is 31.7 Å². The van der Waals surface area contributed by atoms with E-state index in [0.29, 0.717) is 11.2 Å². The number of benzene rings is 1. The predicted molar refractivity (Wildman–Crippen MR) is 141 cm³/mol. The highest BCUT2D eigenvalue weighted by molar-refractivity contribution is 5.96. The van der Waals surface area contributed by atoms with Crippen LogP contribution in [-0.2, 0) is 7.05 Å². The summed E-state index contributed by atoms with van der Waals surface area (Å²) in [5.41, 5.74) is 3.14. The number of aromatic nitrogens is 4. The highest BCUT2D eigenvalue weighted by Gasteiger charge is 2.20. The first-order chi connectivity index (χ1) is 16.8. The summed E-state index contributed by atoms with van der Waals surface area (Å²) >= 11 is 0. The first kappa shape index (κ1) is 22.5. The Hall–Kier alpha value is -4.26. The summed E-state index contributed by atoms with van der Waals surface area (Å²) in [6.45, 7) is 6.05. The van der Waals surface area contributed by atoms with Crippen molar-refractivity contribution in [2.24, 2.45) is 7.05 Å². The maximum Gasteiger partial charge on any atom is 0.259 e. The van der Waals surface area contributed by atoms with Crippen molar-refractivity contribution in [1.82, 2.24) is 19.1 Å². The van der Waals surface area contributed by atoms with Gasteiger partial charge in [0.25, 0.3) is 5.56 Å². The molecular formula is C28H27N5O2. The van der Waals surface area contributed by atoms with Crippen LogP contribution < -0.4 is 16.4 Å². The van der Waals surface area contributed by atoms with Crippen molar-refractivity contribution in [3.05, 3.63) is 99.6 Å². The van der Waals surface area contributed by atoms with Crippen LogP contribution in [0.5, 0.6) is 0 Å². The summed E-state index contributed by atoms with van der Waals surface area (Å²) in [6, 6.07) is 16.8. The van der Waals surface area contributed by atoms with E-state index in [0.717, 1.165) is 33.1 Å². The second kappa shape index (κ2) is 8.83. The average molecular weight is 466 g/mol. The van der Waals surface area contributed by atoms with E-state index < -0.39 is 0 Å². The maximum atomic E-state index is 13.9. The second-order valence-electron chi connectivity index (χ2n) is 9.08. The van der Waals surface area contributed by atoms with E-state index in [4.69, 9.17) is 0 Å². The van der Waals surface area contributed by atoms with Gasteiger partial charge in [-0.05, 0) is 61.5 Å². The van der Waals surface area contributed by atoms with Crippen LogP contribution in [0.4, 0.5) is 5.82 Å². The molecule has 1 aromatic carbocycles. The summed E-state index contributed by atoms with van der Waals surface area (Å²) < 4.78 is 3.37. The van der Waals surface area contributed by atoms with Crippen molar-refractivity contribution < 1.29 is 0 Å². The molecule has 0 aliphatic carbocycles. The zero-order chi connectivity index (χ0) is 24.7. The lowest BCUT2D eigenvalue weighted by Crippen LogP contribution is -2.28. The Morgan fingerprint density at radius 2 is 1.69 bits per heavy atom. The highest BCUT2D eigenvalue weighted by atomic mass is 16.1. The fourth-order valence-corrected chi connectivity index (χ4v) is 4.64. The Kier molecular flexibility index (Phi) is 5.68. The lowest BCUT2D eigenvalue weighted by atomic mass is 9.98. The Balaban J connectivity index is 1.67. The van der Waals surface area contributed by atoms with Gasteiger partial charge in [0.2, 0.25) is 5.56 Å². The Morgan fingerprint density at radius 1 is 0.886 bits per heavy atom. The molecule has 0 unspecified atom stereocenters. The zero-order valence-electron chi connectivity index (χ0n) is 20.2. The van der Waals surface area contributed by atoms with Crippen LogP contribution in [0, 0.1) is 0 Å². The van der Waals surface area contributed by atoms with Crippen molar-refractivity contribution in [2.45, 2.75) is 32.9 Å². The van der Waals surface area contributed by atoms with Gasteiger partial charge in [-0.15, -0.1) is 0 Å². The van der Waals surface area contributed by atoms with Crippen LogP contribution in [0.2, 0.25) is 0 Å². The molecule has 0 aliphatic rings. The first-order valence-corrected chi connectivity index (χ1v) is 11.7. The fourth-order valence-electron chi connectivity index (χ4n) is 4.64. The molecule has 0 fully saturated rings. The lowest BCUT2D eigenvalue weighted by Gasteiger charge is -2.24. The molecule has 7 nitrogen and oxygen atoms in total. The number of nitrogens with zero attached hydrogens (tertiary/aromatic N) is 4. The molecule has 7 heteroatoms. The number of hydrogen-bond donors (Lipinski definition) is 1. The molecule has 0 saturated heterocycles. The summed E-state index contributed by atoms with van der Waals surface area (Å²) in [5.74, 6) is 0.678. The van der Waals surface area contributed by atoms with Crippen LogP contribution in [-0.4, -0.2) is 19.1 Å². The van der Waals surface area contributed by atoms with Crippen molar-refractivity contribution in [3.63, 3.8) is 0 Å². The van der Waals surface area contributed by atoms with E-state index in [9.17, 15) is 9.59 Å². The smallest absolute Gasteiger partial charge is 0.259 e. The molecule has 0 radical (unpaired) electrons. The van der Waals surface area contributed by atoms with Gasteiger partial charge in [0.05, 0.1) is 11.4 Å². The molecule has 5 aromatic rings. The third-order valence-corrected chi connectivity index (χ3v) is 6.34. The molecule has 0 spiro atoms. The minimum absolute atomic E-state index is 0.0575. The van der Waals surface area contributed by atoms with Crippen LogP contribution >= 0.6 is 0 Å². The van der Waals surface area contributed by atoms with E-state index >= 15 is 0 Å². The molecule has 0 aliphatic heterocycles. The Bertz CT molecular complexity index is 1680. The first-order valence-electron chi connectivity index (χ1n) is 11.7. The van der Waals surface area contributed by atoms with E-state index in [1.165, 1.54) is 10.6 Å². The largest absolute Gasteiger partial charge is 0.360 e. The third-order valence-electron chi connectivity index (χ3n) is 6.34. The fraction of sp³-hybridized carbons (Fsp3) is 0.214. The lowest BCUT2D eigenvalue weighted by molar-refractivity contribution is 0.541. The minimum atomic E-state index is -0.198. The molecule has 0 bridgehead atoms. The van der Waals surface area contributed by atoms with Crippen molar-refractivity contribution in [1.29, 1.82) is 0 Å². The third kappa shape index (κ3) is 3.99. The van der Waals surface area contributed by atoms with Gasteiger partial charge < -0.3 is 14.5 Å². The van der Waals surface area contributed by atoms with Crippen molar-refractivity contribution >= 4 is 27.5 Å². The van der Waals surface area contributed by atoms with Crippen molar-refractivity contribution in [3.8, 4) is 11.1 Å². The van der Waals surface area contributed by atoms with Gasteiger partial charge in [0.15, 0.2) is 5.82 Å². The number of pyridine rings is 4. The zero-order valence-corrected chi connectivity index (χ0v) is 20.2. The van der Waals surface area contributed by atoms with Gasteiger partial charge in [-0.2, -0.15) is 0 Å². The molecule has 4 aromatic heterocycles. The van der Waals surface area contributed by atoms with Crippen molar-refractivity contribution in [2.75, 3.05) is 5.32 Å². The number of hydrogen-bond acceptors (Lipinski definition) is 5. The summed E-state index contributed by atoms with van der Waals surface area (Å²) in [7, 11) is 1.71. The van der Waals surface area contributed by atoms with Gasteiger partial charge in [-0.1, -0.05) is 24.3 Å². The number of fused-ring (bicyclic) bond motifs is 2. The Morgan fingerprint density at radius 3 is 2.46 bits per heavy atom. The van der Waals surface area contributed by atoms with E-state index in [2.05, 4.69) is 21.4 Å². The van der Waals surface area contributed by atoms with Crippen LogP contribution in [0.15, 0.2) is 82.8 Å². The topological polar surface area (TPSA) is 81.8 Å². The molecule has 0 saturated carbocycles. The molecule has 176 valence electrons. The van der Waals surface area contributed by atoms with Gasteiger partial charge in [-0.25, -0.2) is 4.98 Å². The number of nitrogens with one attached hydrogen (secondary N) is 1. The summed E-state index contributed by atoms with van der Waals surface area (Å²) in [5, 5.41) is 5.97. The van der Waals surface area contributed by atoms with Gasteiger partial charge in [0, 0.05) is 48.8 Å². The normalized spacial score (nSPS) is 12.4. The standard InChI is InChI=1S/C28H27N5O2/c1-17(2)33-23(18(3)31-27-26-19(12-14-30-27)8-6-13-29-26)15-20-7-5-9-22(25(20)28(33)35)21-10-11-24(34)32(4)16-21/h5-18H,1-4H3,(H,30,31)/t18-/m0/s1. The maximum absolute atomic E-state index is 13.9. The predicted octanol–water partition coefficient (Wildman–Crippen LogP) is 5.06. The summed E-state index contributed by atoms with van der Waals surface area (Å²) in [6.07, 6.45) is 5.28. The molecule has 35 heavy (non-hydrogen) atoms. The number of aryl methyl sites for hydroxylation is 1. The molecule has 1 atom stereocenters. The monoisotopic (exact) mass is 465 g/mol. The van der Waals surface area contributed by atoms with Gasteiger partial charge in [-0.3, -0.25) is 14.6 Å².